The molecule has 1 aliphatic heterocycles. The van der Waals surface area contributed by atoms with Crippen molar-refractivity contribution in [2.75, 3.05) is 12.3 Å². The molecule has 5 N–H and O–H groups in total. The first-order chi connectivity index (χ1) is 13.4. The molecular weight excluding hydrogens is 366 g/mol. The van der Waals surface area contributed by atoms with E-state index in [1.165, 1.54) is 6.92 Å². The number of anilines is 1. The minimum Gasteiger partial charge on any atom is -0.394 e. The van der Waals surface area contributed by atoms with Crippen molar-refractivity contribution < 1.29 is 19.7 Å². The Morgan fingerprint density at radius 1 is 1.43 bits per heavy atom. The highest BCUT2D eigenvalue weighted by Crippen LogP contribution is 2.35. The molecule has 3 aromatic rings. The van der Waals surface area contributed by atoms with Crippen LogP contribution in [-0.2, 0) is 4.74 Å². The second kappa shape index (κ2) is 6.82. The molecule has 146 valence electrons. The number of H-pyrrole nitrogens is 1. The average Bonchev–Trinajstić information content (AvgIpc) is 3.22. The van der Waals surface area contributed by atoms with Gasteiger partial charge in [-0.05, 0) is 13.0 Å². The minimum absolute atomic E-state index is 0.0583. The summed E-state index contributed by atoms with van der Waals surface area (Å²) in [6.45, 7) is 1.10. The number of nitrogens with one attached hydrogen (secondary N) is 1. The number of hydrogen-bond acceptors (Lipinski definition) is 8. The van der Waals surface area contributed by atoms with Crippen LogP contribution in [-0.4, -0.2) is 54.3 Å². The third-order valence-corrected chi connectivity index (χ3v) is 4.77. The van der Waals surface area contributed by atoms with Crippen LogP contribution in [0, 0.1) is 0 Å². The van der Waals surface area contributed by atoms with Crippen molar-refractivity contribution in [2.24, 2.45) is 0 Å². The van der Waals surface area contributed by atoms with Crippen LogP contribution in [0.25, 0.3) is 22.6 Å². The SMILES string of the molecule is CC(=O)c1cccc(-c2nc3c(=O)[nH]c(N)nc3n2[C@H]2CC(O)[C@@H](CO)O2)c1. The van der Waals surface area contributed by atoms with Gasteiger partial charge in [0.2, 0.25) is 5.95 Å². The van der Waals surface area contributed by atoms with Gasteiger partial charge in [0.05, 0.1) is 12.7 Å². The number of ether oxygens (including phenoxy) is 1. The highest BCUT2D eigenvalue weighted by atomic mass is 16.5. The van der Waals surface area contributed by atoms with Crippen LogP contribution in [0.5, 0.6) is 0 Å². The van der Waals surface area contributed by atoms with Crippen LogP contribution >= 0.6 is 0 Å². The number of carbonyl (C=O) groups excluding carboxylic acids is 1. The normalized spacial score (nSPS) is 22.0. The zero-order valence-corrected chi connectivity index (χ0v) is 15.0. The molecule has 4 rings (SSSR count). The van der Waals surface area contributed by atoms with Gasteiger partial charge in [0.1, 0.15) is 18.2 Å². The Bertz CT molecular complexity index is 1120. The van der Waals surface area contributed by atoms with Gasteiger partial charge in [-0.3, -0.25) is 19.1 Å². The third kappa shape index (κ3) is 2.97. The van der Waals surface area contributed by atoms with E-state index in [9.17, 15) is 19.8 Å². The molecule has 0 amide bonds. The number of carbonyl (C=O) groups is 1. The Hall–Kier alpha value is -3.08. The highest BCUT2D eigenvalue weighted by Gasteiger charge is 2.37. The summed E-state index contributed by atoms with van der Waals surface area (Å²) in [6, 6.07) is 6.80. The molecule has 10 heteroatoms. The molecule has 0 spiro atoms. The lowest BCUT2D eigenvalue weighted by Crippen LogP contribution is -2.24. The number of hydrogen-bond donors (Lipinski definition) is 4. The van der Waals surface area contributed by atoms with Gasteiger partial charge in [-0.25, -0.2) is 4.98 Å². The van der Waals surface area contributed by atoms with E-state index in [4.69, 9.17) is 10.5 Å². The number of aliphatic hydroxyl groups excluding tert-OH is 2. The maximum Gasteiger partial charge on any atom is 0.280 e. The third-order valence-electron chi connectivity index (χ3n) is 4.77. The summed E-state index contributed by atoms with van der Waals surface area (Å²) in [5, 5.41) is 19.5. The van der Waals surface area contributed by atoms with Crippen molar-refractivity contribution in [1.82, 2.24) is 19.5 Å². The Morgan fingerprint density at radius 3 is 2.89 bits per heavy atom. The van der Waals surface area contributed by atoms with E-state index in [0.29, 0.717) is 17.0 Å². The zero-order chi connectivity index (χ0) is 20.0. The molecular formula is C18H19N5O5. The number of ketones is 1. The van der Waals surface area contributed by atoms with Crippen LogP contribution in [0.15, 0.2) is 29.1 Å². The topological polar surface area (TPSA) is 156 Å². The van der Waals surface area contributed by atoms with Gasteiger partial charge < -0.3 is 20.7 Å². The predicted molar refractivity (Wildman–Crippen MR) is 99.6 cm³/mol. The van der Waals surface area contributed by atoms with Gasteiger partial charge in [0.25, 0.3) is 5.56 Å². The fourth-order valence-electron chi connectivity index (χ4n) is 3.39. The predicted octanol–water partition coefficient (Wildman–Crippen LogP) is 0.212. The number of benzene rings is 1. The minimum atomic E-state index is -0.886. The fraction of sp³-hybridized carbons (Fsp3) is 0.333. The number of rotatable bonds is 4. The zero-order valence-electron chi connectivity index (χ0n) is 15.0. The maximum atomic E-state index is 12.3. The molecule has 1 unspecified atom stereocenters. The molecule has 3 atom stereocenters. The van der Waals surface area contributed by atoms with Gasteiger partial charge in [-0.2, -0.15) is 4.98 Å². The molecule has 2 aromatic heterocycles. The van der Waals surface area contributed by atoms with Gasteiger partial charge in [-0.1, -0.05) is 18.2 Å². The number of nitrogen functional groups attached to an aromatic ring is 1. The first-order valence-corrected chi connectivity index (χ1v) is 8.72. The summed E-state index contributed by atoms with van der Waals surface area (Å²) in [5.74, 6) is 0.148. The molecule has 3 heterocycles. The number of aromatic nitrogens is 4. The van der Waals surface area contributed by atoms with Crippen LogP contribution in [0.4, 0.5) is 5.95 Å². The maximum absolute atomic E-state index is 12.3. The molecule has 1 fully saturated rings. The highest BCUT2D eigenvalue weighted by molar-refractivity contribution is 5.95. The van der Waals surface area contributed by atoms with Gasteiger partial charge in [0, 0.05) is 17.5 Å². The van der Waals surface area contributed by atoms with Crippen molar-refractivity contribution in [3.8, 4) is 11.4 Å². The molecule has 0 bridgehead atoms. The molecule has 1 saturated heterocycles. The van der Waals surface area contributed by atoms with E-state index < -0.39 is 24.0 Å². The molecule has 1 aromatic carbocycles. The van der Waals surface area contributed by atoms with Crippen molar-refractivity contribution in [3.05, 3.63) is 40.2 Å². The van der Waals surface area contributed by atoms with Crippen molar-refractivity contribution in [3.63, 3.8) is 0 Å². The second-order valence-corrected chi connectivity index (χ2v) is 6.68. The number of fused-ring (bicyclic) bond motifs is 1. The average molecular weight is 385 g/mol. The van der Waals surface area contributed by atoms with E-state index in [-0.39, 0.29) is 35.9 Å². The first kappa shape index (κ1) is 18.3. The number of imidazole rings is 1. The first-order valence-electron chi connectivity index (χ1n) is 8.72. The van der Waals surface area contributed by atoms with Crippen LogP contribution in [0.1, 0.15) is 29.9 Å². The van der Waals surface area contributed by atoms with Crippen molar-refractivity contribution in [1.29, 1.82) is 0 Å². The summed E-state index contributed by atoms with van der Waals surface area (Å²) in [5.41, 5.74) is 6.51. The van der Waals surface area contributed by atoms with Crippen LogP contribution in [0.2, 0.25) is 0 Å². The molecule has 0 saturated carbocycles. The molecule has 0 radical (unpaired) electrons. The smallest absolute Gasteiger partial charge is 0.280 e. The lowest BCUT2D eigenvalue weighted by Gasteiger charge is -2.17. The molecule has 10 nitrogen and oxygen atoms in total. The Morgan fingerprint density at radius 2 is 2.21 bits per heavy atom. The second-order valence-electron chi connectivity index (χ2n) is 6.68. The van der Waals surface area contributed by atoms with Crippen LogP contribution in [0.3, 0.4) is 0 Å². The monoisotopic (exact) mass is 385 g/mol. The summed E-state index contributed by atoms with van der Waals surface area (Å²) in [6.07, 6.45) is -2.20. The lowest BCUT2D eigenvalue weighted by atomic mass is 10.1. The quantitative estimate of drug-likeness (QED) is 0.464. The van der Waals surface area contributed by atoms with Gasteiger partial charge in [0.15, 0.2) is 16.9 Å². The van der Waals surface area contributed by atoms with Gasteiger partial charge >= 0.3 is 0 Å². The number of nitrogens with zero attached hydrogens (tertiary/aromatic N) is 3. The number of aliphatic hydroxyl groups is 2. The van der Waals surface area contributed by atoms with Crippen molar-refractivity contribution in [2.45, 2.75) is 31.8 Å². The van der Waals surface area contributed by atoms with Crippen molar-refractivity contribution >= 4 is 22.9 Å². The molecule has 0 aliphatic carbocycles. The van der Waals surface area contributed by atoms with E-state index >= 15 is 0 Å². The summed E-state index contributed by atoms with van der Waals surface area (Å²) in [7, 11) is 0. The Balaban J connectivity index is 1.96. The molecule has 1 aliphatic rings. The fourth-order valence-corrected chi connectivity index (χ4v) is 3.39. The lowest BCUT2D eigenvalue weighted by molar-refractivity contribution is -0.0426. The van der Waals surface area contributed by atoms with E-state index in [0.717, 1.165) is 0 Å². The Kier molecular flexibility index (Phi) is 4.46. The van der Waals surface area contributed by atoms with E-state index in [1.807, 2.05) is 0 Å². The van der Waals surface area contributed by atoms with Gasteiger partial charge in [-0.15, -0.1) is 0 Å². The van der Waals surface area contributed by atoms with E-state index in [1.54, 1.807) is 28.8 Å². The summed E-state index contributed by atoms with van der Waals surface area (Å²) in [4.78, 5) is 35.1. The van der Waals surface area contributed by atoms with E-state index in [2.05, 4.69) is 15.0 Å². The Labute approximate surface area is 158 Å². The largest absolute Gasteiger partial charge is 0.394 e. The van der Waals surface area contributed by atoms with Crippen LogP contribution < -0.4 is 11.3 Å². The number of aromatic amines is 1. The summed E-state index contributed by atoms with van der Waals surface area (Å²) < 4.78 is 7.33. The molecule has 28 heavy (non-hydrogen) atoms. The number of nitrogens with two attached hydrogens (primary N) is 1. The number of Topliss-reactive ketones (excluding diaryl/α,β-unsaturated/α-hetero) is 1. The summed E-state index contributed by atoms with van der Waals surface area (Å²) >= 11 is 0. The standard InChI is InChI=1S/C18H19N5O5/c1-8(25)9-3-2-4-10(5-9)15-20-14-16(21-18(19)22-17(14)27)23(15)13-6-11(26)12(7-24)28-13/h2-5,11-13,24,26H,6-7H2,1H3,(H3,19,21,22,27)/t11?,12-,13-/m1/s1.